The van der Waals surface area contributed by atoms with E-state index in [0.29, 0.717) is 11.3 Å². The van der Waals surface area contributed by atoms with Crippen LogP contribution in [0.5, 0.6) is 5.75 Å². The van der Waals surface area contributed by atoms with Gasteiger partial charge in [-0.2, -0.15) is 30.2 Å². The largest absolute Gasteiger partial charge is 0.435 e. The molecule has 0 amide bonds. The average molecular weight is 328 g/mol. The molecule has 0 unspecified atom stereocenters. The fourth-order valence-electron chi connectivity index (χ4n) is 1.74. The molecule has 0 saturated carbocycles. The van der Waals surface area contributed by atoms with Crippen LogP contribution in [0, 0.1) is 0 Å². The van der Waals surface area contributed by atoms with Gasteiger partial charge in [-0.15, -0.1) is 5.10 Å². The number of nitrogens with zero attached hydrogens (tertiary/aromatic N) is 3. The Labute approximate surface area is 129 Å². The van der Waals surface area contributed by atoms with Gasteiger partial charge in [0.1, 0.15) is 5.75 Å². The number of hydrogen-bond acceptors (Lipinski definition) is 6. The average Bonchev–Trinajstić information content (AvgIpc) is 2.86. The van der Waals surface area contributed by atoms with E-state index in [9.17, 15) is 13.6 Å². The molecule has 0 radical (unpaired) electrons. The minimum absolute atomic E-state index is 0.0175. The first kappa shape index (κ1) is 16.2. The SMILES string of the molecule is CSCCC(=O)n1nc(-c2cccc(OC(F)F)c2)nc1N. The highest BCUT2D eigenvalue weighted by atomic mass is 32.2. The molecular weight excluding hydrogens is 314 g/mol. The molecule has 0 atom stereocenters. The summed E-state index contributed by atoms with van der Waals surface area (Å²) < 4.78 is 29.8. The van der Waals surface area contributed by atoms with Crippen molar-refractivity contribution in [2.45, 2.75) is 13.0 Å². The van der Waals surface area contributed by atoms with Crippen LogP contribution in [0.2, 0.25) is 0 Å². The number of thioether (sulfide) groups is 1. The number of halogens is 2. The van der Waals surface area contributed by atoms with E-state index in [-0.39, 0.29) is 29.9 Å². The second-order valence-electron chi connectivity index (χ2n) is 4.25. The van der Waals surface area contributed by atoms with Crippen molar-refractivity contribution in [3.05, 3.63) is 24.3 Å². The van der Waals surface area contributed by atoms with Crippen molar-refractivity contribution < 1.29 is 18.3 Å². The third-order valence-corrected chi connectivity index (χ3v) is 3.32. The van der Waals surface area contributed by atoms with Crippen LogP contribution >= 0.6 is 11.8 Å². The van der Waals surface area contributed by atoms with Gasteiger partial charge in [-0.3, -0.25) is 4.79 Å². The van der Waals surface area contributed by atoms with Crippen LogP contribution in [0.25, 0.3) is 11.4 Å². The zero-order chi connectivity index (χ0) is 16.1. The number of rotatable bonds is 6. The number of carbonyl (C=O) groups is 1. The van der Waals surface area contributed by atoms with Crippen LogP contribution in [0.1, 0.15) is 11.2 Å². The minimum atomic E-state index is -2.92. The Hall–Kier alpha value is -2.16. The summed E-state index contributed by atoms with van der Waals surface area (Å²) in [5, 5.41) is 4.03. The van der Waals surface area contributed by atoms with Gasteiger partial charge in [0.05, 0.1) is 0 Å². The number of alkyl halides is 2. The molecule has 1 heterocycles. The topological polar surface area (TPSA) is 83.0 Å². The zero-order valence-electron chi connectivity index (χ0n) is 11.7. The van der Waals surface area contributed by atoms with E-state index in [0.717, 1.165) is 4.68 Å². The molecule has 6 nitrogen and oxygen atoms in total. The van der Waals surface area contributed by atoms with Gasteiger partial charge in [-0.1, -0.05) is 12.1 Å². The maximum atomic E-state index is 12.2. The Morgan fingerprint density at radius 1 is 1.50 bits per heavy atom. The lowest BCUT2D eigenvalue weighted by atomic mass is 10.2. The lowest BCUT2D eigenvalue weighted by Crippen LogP contribution is -2.15. The van der Waals surface area contributed by atoms with Gasteiger partial charge in [-0.25, -0.2) is 0 Å². The Bertz CT molecular complexity index is 663. The highest BCUT2D eigenvalue weighted by Crippen LogP contribution is 2.23. The molecule has 22 heavy (non-hydrogen) atoms. The van der Waals surface area contributed by atoms with Crippen molar-refractivity contribution in [3.8, 4) is 17.1 Å². The van der Waals surface area contributed by atoms with Gasteiger partial charge in [-0.05, 0) is 18.4 Å². The summed E-state index contributed by atoms with van der Waals surface area (Å²) in [5.41, 5.74) is 6.11. The molecule has 1 aromatic heterocycles. The first-order valence-corrected chi connectivity index (χ1v) is 7.70. The summed E-state index contributed by atoms with van der Waals surface area (Å²) >= 11 is 1.53. The minimum Gasteiger partial charge on any atom is -0.435 e. The number of nitrogen functional groups attached to an aromatic ring is 1. The smallest absolute Gasteiger partial charge is 0.387 e. The fourth-order valence-corrected chi connectivity index (χ4v) is 2.12. The van der Waals surface area contributed by atoms with E-state index in [1.807, 2.05) is 6.26 Å². The summed E-state index contributed by atoms with van der Waals surface area (Å²) in [6.45, 7) is -2.92. The quantitative estimate of drug-likeness (QED) is 0.877. The molecule has 118 valence electrons. The standard InChI is InChI=1S/C13H14F2N4O2S/c1-22-6-5-10(20)19-13(16)17-11(18-19)8-3-2-4-9(7-8)21-12(14)15/h2-4,7,12H,5-6H2,1H3,(H2,16,17,18). The monoisotopic (exact) mass is 328 g/mol. The van der Waals surface area contributed by atoms with Crippen LogP contribution in [-0.4, -0.2) is 39.3 Å². The van der Waals surface area contributed by atoms with Crippen LogP contribution in [0.15, 0.2) is 24.3 Å². The van der Waals surface area contributed by atoms with Crippen molar-refractivity contribution in [1.29, 1.82) is 0 Å². The van der Waals surface area contributed by atoms with Crippen molar-refractivity contribution in [1.82, 2.24) is 14.8 Å². The molecule has 2 N–H and O–H groups in total. The summed E-state index contributed by atoms with van der Waals surface area (Å²) in [7, 11) is 0. The van der Waals surface area contributed by atoms with Crippen molar-refractivity contribution in [2.24, 2.45) is 0 Å². The Kier molecular flexibility index (Phi) is 5.31. The van der Waals surface area contributed by atoms with Gasteiger partial charge in [0.15, 0.2) is 5.82 Å². The molecule has 0 aliphatic rings. The molecule has 0 aliphatic carbocycles. The Morgan fingerprint density at radius 2 is 2.27 bits per heavy atom. The van der Waals surface area contributed by atoms with Crippen molar-refractivity contribution >= 4 is 23.6 Å². The molecule has 2 rings (SSSR count). The van der Waals surface area contributed by atoms with E-state index in [1.165, 1.54) is 30.0 Å². The number of hydrogen-bond donors (Lipinski definition) is 1. The molecule has 2 aromatic rings. The number of ether oxygens (including phenoxy) is 1. The summed E-state index contributed by atoms with van der Waals surface area (Å²) in [6.07, 6.45) is 2.17. The van der Waals surface area contributed by atoms with Crippen molar-refractivity contribution in [2.75, 3.05) is 17.7 Å². The normalized spacial score (nSPS) is 10.9. The zero-order valence-corrected chi connectivity index (χ0v) is 12.5. The van der Waals surface area contributed by atoms with Crippen LogP contribution in [0.4, 0.5) is 14.7 Å². The van der Waals surface area contributed by atoms with E-state index in [2.05, 4.69) is 14.8 Å². The van der Waals surface area contributed by atoms with Crippen LogP contribution in [-0.2, 0) is 0 Å². The maximum absolute atomic E-state index is 12.2. The molecule has 9 heteroatoms. The third-order valence-electron chi connectivity index (χ3n) is 2.71. The van der Waals surface area contributed by atoms with E-state index in [1.54, 1.807) is 6.07 Å². The first-order valence-electron chi connectivity index (χ1n) is 6.31. The Morgan fingerprint density at radius 3 is 2.95 bits per heavy atom. The number of nitrogens with two attached hydrogens (primary N) is 1. The summed E-state index contributed by atoms with van der Waals surface area (Å²) in [5.74, 6) is 0.489. The fraction of sp³-hybridized carbons (Fsp3) is 0.308. The third kappa shape index (κ3) is 3.94. The van der Waals surface area contributed by atoms with E-state index in [4.69, 9.17) is 5.73 Å². The predicted octanol–water partition coefficient (Wildman–Crippen LogP) is 2.52. The van der Waals surface area contributed by atoms with E-state index >= 15 is 0 Å². The molecular formula is C13H14F2N4O2S. The van der Waals surface area contributed by atoms with Gasteiger partial charge >= 0.3 is 6.61 Å². The van der Waals surface area contributed by atoms with Gasteiger partial charge in [0.25, 0.3) is 5.91 Å². The second kappa shape index (κ2) is 7.21. The number of carbonyl (C=O) groups excluding carboxylic acids is 1. The van der Waals surface area contributed by atoms with E-state index < -0.39 is 6.61 Å². The lowest BCUT2D eigenvalue weighted by Gasteiger charge is -2.04. The number of aromatic nitrogens is 3. The summed E-state index contributed by atoms with van der Waals surface area (Å²) in [4.78, 5) is 15.9. The van der Waals surface area contributed by atoms with Gasteiger partial charge in [0.2, 0.25) is 5.95 Å². The molecule has 0 bridgehead atoms. The van der Waals surface area contributed by atoms with Crippen LogP contribution < -0.4 is 10.5 Å². The summed E-state index contributed by atoms with van der Waals surface area (Å²) in [6, 6.07) is 5.89. The molecule has 1 aromatic carbocycles. The molecule has 0 spiro atoms. The predicted molar refractivity (Wildman–Crippen MR) is 80.1 cm³/mol. The maximum Gasteiger partial charge on any atom is 0.387 e. The number of anilines is 1. The Balaban J connectivity index is 2.25. The van der Waals surface area contributed by atoms with Gasteiger partial charge in [0, 0.05) is 17.7 Å². The highest BCUT2D eigenvalue weighted by molar-refractivity contribution is 7.98. The molecule has 0 fully saturated rings. The molecule has 0 saturated heterocycles. The molecule has 0 aliphatic heterocycles. The van der Waals surface area contributed by atoms with Gasteiger partial charge < -0.3 is 10.5 Å². The highest BCUT2D eigenvalue weighted by Gasteiger charge is 2.15. The number of benzene rings is 1. The second-order valence-corrected chi connectivity index (χ2v) is 5.23. The van der Waals surface area contributed by atoms with Crippen molar-refractivity contribution in [3.63, 3.8) is 0 Å². The van der Waals surface area contributed by atoms with Crippen LogP contribution in [0.3, 0.4) is 0 Å². The lowest BCUT2D eigenvalue weighted by molar-refractivity contribution is -0.0498. The first-order chi connectivity index (χ1) is 10.5.